The van der Waals surface area contributed by atoms with Crippen LogP contribution in [0.15, 0.2) is 24.3 Å². The topological polar surface area (TPSA) is 64.3 Å². The summed E-state index contributed by atoms with van der Waals surface area (Å²) in [4.78, 5) is 11.1. The van der Waals surface area contributed by atoms with Crippen LogP contribution in [0.3, 0.4) is 0 Å². The Kier molecular flexibility index (Phi) is 3.28. The highest BCUT2D eigenvalue weighted by atomic mass is 16.5. The maximum atomic E-state index is 11.1. The molecule has 0 atom stereocenters. The van der Waals surface area contributed by atoms with Crippen LogP contribution in [-0.4, -0.2) is 12.5 Å². The number of amides is 1. The van der Waals surface area contributed by atoms with Crippen LogP contribution in [0.1, 0.15) is 17.3 Å². The molecule has 0 unspecified atom stereocenters. The lowest BCUT2D eigenvalue weighted by Crippen LogP contribution is -2.29. The molecular weight excluding hydrogens is 168 g/mol. The first-order valence-corrected chi connectivity index (χ1v) is 4.01. The van der Waals surface area contributed by atoms with Gasteiger partial charge in [-0.1, -0.05) is 6.07 Å². The molecule has 13 heavy (non-hydrogen) atoms. The number of carbonyl (C=O) groups is 1. The third-order valence-corrected chi connectivity index (χ3v) is 1.54. The molecule has 0 saturated heterocycles. The molecule has 70 valence electrons. The number of hydrazine groups is 1. The van der Waals surface area contributed by atoms with Gasteiger partial charge in [-0.15, -0.1) is 0 Å². The second-order valence-electron chi connectivity index (χ2n) is 2.43. The van der Waals surface area contributed by atoms with Crippen molar-refractivity contribution < 1.29 is 9.53 Å². The monoisotopic (exact) mass is 180 g/mol. The summed E-state index contributed by atoms with van der Waals surface area (Å²) >= 11 is 0. The molecule has 0 aliphatic rings. The van der Waals surface area contributed by atoms with Gasteiger partial charge in [-0.3, -0.25) is 10.2 Å². The van der Waals surface area contributed by atoms with Gasteiger partial charge in [0, 0.05) is 5.56 Å². The minimum absolute atomic E-state index is 0.318. The first-order chi connectivity index (χ1) is 6.27. The van der Waals surface area contributed by atoms with Crippen LogP contribution in [0, 0.1) is 0 Å². The van der Waals surface area contributed by atoms with Crippen LogP contribution in [0.5, 0.6) is 5.75 Å². The maximum absolute atomic E-state index is 11.1. The SMILES string of the molecule is CCOc1cccc(C(=O)NN)c1. The third kappa shape index (κ3) is 2.45. The number of hydrogen-bond donors (Lipinski definition) is 2. The Balaban J connectivity index is 2.85. The number of hydrogen-bond acceptors (Lipinski definition) is 3. The molecule has 1 amide bonds. The van der Waals surface area contributed by atoms with E-state index < -0.39 is 0 Å². The largest absolute Gasteiger partial charge is 0.494 e. The van der Waals surface area contributed by atoms with E-state index in [0.29, 0.717) is 17.9 Å². The van der Waals surface area contributed by atoms with E-state index in [0.717, 1.165) is 0 Å². The molecule has 0 saturated carbocycles. The molecule has 3 N–H and O–H groups in total. The van der Waals surface area contributed by atoms with Crippen LogP contribution in [0.25, 0.3) is 0 Å². The van der Waals surface area contributed by atoms with Crippen molar-refractivity contribution >= 4 is 5.91 Å². The number of nitrogens with one attached hydrogen (secondary N) is 1. The molecule has 0 heterocycles. The molecule has 0 bridgehead atoms. The minimum Gasteiger partial charge on any atom is -0.494 e. The predicted octanol–water partition coefficient (Wildman–Crippen LogP) is 0.689. The maximum Gasteiger partial charge on any atom is 0.265 e. The minimum atomic E-state index is -0.318. The van der Waals surface area contributed by atoms with Gasteiger partial charge < -0.3 is 4.74 Å². The lowest BCUT2D eigenvalue weighted by atomic mass is 10.2. The smallest absolute Gasteiger partial charge is 0.265 e. The quantitative estimate of drug-likeness (QED) is 0.408. The van der Waals surface area contributed by atoms with E-state index >= 15 is 0 Å². The van der Waals surface area contributed by atoms with E-state index in [1.807, 2.05) is 6.92 Å². The van der Waals surface area contributed by atoms with Crippen molar-refractivity contribution in [3.63, 3.8) is 0 Å². The van der Waals surface area contributed by atoms with Crippen molar-refractivity contribution in [2.45, 2.75) is 6.92 Å². The number of ether oxygens (including phenoxy) is 1. The zero-order valence-electron chi connectivity index (χ0n) is 7.41. The van der Waals surface area contributed by atoms with Gasteiger partial charge in [0.2, 0.25) is 0 Å². The summed E-state index contributed by atoms with van der Waals surface area (Å²) in [6, 6.07) is 6.85. The highest BCUT2D eigenvalue weighted by molar-refractivity contribution is 5.94. The van der Waals surface area contributed by atoms with Crippen LogP contribution in [-0.2, 0) is 0 Å². The molecule has 0 aliphatic heterocycles. The Hall–Kier alpha value is -1.55. The molecular formula is C9H12N2O2. The summed E-state index contributed by atoms with van der Waals surface area (Å²) in [5.74, 6) is 5.34. The molecule has 0 radical (unpaired) electrons. The summed E-state index contributed by atoms with van der Waals surface area (Å²) in [5, 5.41) is 0. The van der Waals surface area contributed by atoms with E-state index in [-0.39, 0.29) is 5.91 Å². The first-order valence-electron chi connectivity index (χ1n) is 4.01. The number of rotatable bonds is 3. The summed E-state index contributed by atoms with van der Waals surface area (Å²) < 4.78 is 5.22. The molecule has 4 heteroatoms. The van der Waals surface area contributed by atoms with Crippen LogP contribution >= 0.6 is 0 Å². The van der Waals surface area contributed by atoms with Crippen LogP contribution in [0.2, 0.25) is 0 Å². The lowest BCUT2D eigenvalue weighted by Gasteiger charge is -2.04. The lowest BCUT2D eigenvalue weighted by molar-refractivity contribution is 0.0953. The number of nitrogen functional groups attached to an aromatic ring is 1. The fourth-order valence-corrected chi connectivity index (χ4v) is 0.977. The zero-order valence-corrected chi connectivity index (χ0v) is 7.41. The van der Waals surface area contributed by atoms with Gasteiger partial charge >= 0.3 is 0 Å². The van der Waals surface area contributed by atoms with Crippen molar-refractivity contribution in [1.82, 2.24) is 5.43 Å². The molecule has 1 rings (SSSR count). The highest BCUT2D eigenvalue weighted by Crippen LogP contribution is 2.12. The van der Waals surface area contributed by atoms with Crippen molar-refractivity contribution in [3.05, 3.63) is 29.8 Å². The summed E-state index contributed by atoms with van der Waals surface area (Å²) in [7, 11) is 0. The molecule has 0 spiro atoms. The van der Waals surface area contributed by atoms with Gasteiger partial charge in [0.1, 0.15) is 5.75 Å². The van der Waals surface area contributed by atoms with E-state index in [4.69, 9.17) is 10.6 Å². The molecule has 1 aromatic carbocycles. The number of benzene rings is 1. The molecule has 0 fully saturated rings. The molecule has 1 aromatic rings. The Bertz CT molecular complexity index is 299. The Morgan fingerprint density at radius 1 is 1.62 bits per heavy atom. The van der Waals surface area contributed by atoms with E-state index in [1.165, 1.54) is 0 Å². The summed E-state index contributed by atoms with van der Waals surface area (Å²) in [5.41, 5.74) is 2.55. The van der Waals surface area contributed by atoms with Gasteiger partial charge in [0.15, 0.2) is 0 Å². The van der Waals surface area contributed by atoms with E-state index in [1.54, 1.807) is 24.3 Å². The van der Waals surface area contributed by atoms with Crippen molar-refractivity contribution in [3.8, 4) is 5.75 Å². The second-order valence-corrected chi connectivity index (χ2v) is 2.43. The first kappa shape index (κ1) is 9.54. The summed E-state index contributed by atoms with van der Waals surface area (Å²) in [6.07, 6.45) is 0. The number of nitrogens with two attached hydrogens (primary N) is 1. The predicted molar refractivity (Wildman–Crippen MR) is 49.3 cm³/mol. The van der Waals surface area contributed by atoms with Gasteiger partial charge in [-0.25, -0.2) is 5.84 Å². The Labute approximate surface area is 76.7 Å². The van der Waals surface area contributed by atoms with Gasteiger partial charge in [0.25, 0.3) is 5.91 Å². The average molecular weight is 180 g/mol. The van der Waals surface area contributed by atoms with Crippen molar-refractivity contribution in [2.75, 3.05) is 6.61 Å². The van der Waals surface area contributed by atoms with Gasteiger partial charge in [0.05, 0.1) is 6.61 Å². The Morgan fingerprint density at radius 3 is 3.00 bits per heavy atom. The number of carbonyl (C=O) groups excluding carboxylic acids is 1. The van der Waals surface area contributed by atoms with E-state index in [9.17, 15) is 4.79 Å². The standard InChI is InChI=1S/C9H12N2O2/c1-2-13-8-5-3-4-7(6-8)9(12)11-10/h3-6H,2,10H2,1H3,(H,11,12). The molecule has 0 aromatic heterocycles. The molecule has 4 nitrogen and oxygen atoms in total. The van der Waals surface area contributed by atoms with Crippen molar-refractivity contribution in [1.29, 1.82) is 0 Å². The fraction of sp³-hybridized carbons (Fsp3) is 0.222. The highest BCUT2D eigenvalue weighted by Gasteiger charge is 2.03. The second kappa shape index (κ2) is 4.47. The average Bonchev–Trinajstić information content (AvgIpc) is 2.18. The van der Waals surface area contributed by atoms with Gasteiger partial charge in [-0.05, 0) is 25.1 Å². The third-order valence-electron chi connectivity index (χ3n) is 1.54. The zero-order chi connectivity index (χ0) is 9.68. The Morgan fingerprint density at radius 2 is 2.38 bits per heavy atom. The normalized spacial score (nSPS) is 9.38. The van der Waals surface area contributed by atoms with Crippen LogP contribution < -0.4 is 16.0 Å². The molecule has 0 aliphatic carbocycles. The van der Waals surface area contributed by atoms with Crippen molar-refractivity contribution in [2.24, 2.45) is 5.84 Å². The summed E-state index contributed by atoms with van der Waals surface area (Å²) in [6.45, 7) is 2.46. The van der Waals surface area contributed by atoms with Crippen LogP contribution in [0.4, 0.5) is 0 Å². The van der Waals surface area contributed by atoms with E-state index in [2.05, 4.69) is 5.43 Å². The van der Waals surface area contributed by atoms with Gasteiger partial charge in [-0.2, -0.15) is 0 Å². The fourth-order valence-electron chi connectivity index (χ4n) is 0.977.